The number of rotatable bonds is 1. The third-order valence-corrected chi connectivity index (χ3v) is 2.02. The van der Waals surface area contributed by atoms with Crippen molar-refractivity contribution in [2.24, 2.45) is 0 Å². The Morgan fingerprint density at radius 1 is 1.50 bits per heavy atom. The Balaban J connectivity index is 3.28. The van der Waals surface area contributed by atoms with Crippen LogP contribution in [0.5, 0.6) is 0 Å². The lowest BCUT2D eigenvalue weighted by Gasteiger charge is -2.00. The van der Waals surface area contributed by atoms with Gasteiger partial charge in [0.05, 0.1) is 5.69 Å². The van der Waals surface area contributed by atoms with Gasteiger partial charge < -0.3 is 0 Å². The van der Waals surface area contributed by atoms with E-state index in [-0.39, 0.29) is 5.91 Å². The molecule has 0 aliphatic heterocycles. The fourth-order valence-corrected chi connectivity index (χ4v) is 1.50. The highest BCUT2D eigenvalue weighted by molar-refractivity contribution is 5.77. The molecule has 3 nitrogen and oxygen atoms in total. The van der Waals surface area contributed by atoms with Gasteiger partial charge in [-0.3, -0.25) is 9.36 Å². The minimum absolute atomic E-state index is 0.0391. The van der Waals surface area contributed by atoms with Crippen molar-refractivity contribution in [1.82, 2.24) is 9.55 Å². The van der Waals surface area contributed by atoms with Crippen LogP contribution in [0.1, 0.15) is 35.9 Å². The zero-order valence-electron chi connectivity index (χ0n) is 8.01. The Hall–Kier alpha value is -1.12. The summed E-state index contributed by atoms with van der Waals surface area (Å²) >= 11 is 0. The Kier molecular flexibility index (Phi) is 2.31. The molecule has 66 valence electrons. The number of aromatic nitrogens is 2. The summed E-state index contributed by atoms with van der Waals surface area (Å²) in [6.45, 7) is 7.38. The molecule has 0 amide bonds. The molecule has 1 aromatic heterocycles. The molecule has 1 aromatic rings. The molecule has 0 atom stereocenters. The standard InChI is InChI=1S/C9H14N2O/c1-5-9-6(2)11(8(4)12)7(3)10-9/h5H2,1-4H3. The van der Waals surface area contributed by atoms with Crippen LogP contribution in [0.4, 0.5) is 0 Å². The van der Waals surface area contributed by atoms with E-state index in [2.05, 4.69) is 4.98 Å². The van der Waals surface area contributed by atoms with Crippen LogP contribution in [-0.4, -0.2) is 15.5 Å². The van der Waals surface area contributed by atoms with Gasteiger partial charge in [-0.1, -0.05) is 6.92 Å². The van der Waals surface area contributed by atoms with Gasteiger partial charge in [-0.25, -0.2) is 4.98 Å². The number of carbonyl (C=O) groups excluding carboxylic acids is 1. The maximum absolute atomic E-state index is 11.1. The third kappa shape index (κ3) is 1.26. The van der Waals surface area contributed by atoms with Crippen molar-refractivity contribution in [3.63, 3.8) is 0 Å². The first-order chi connectivity index (χ1) is 5.57. The van der Waals surface area contributed by atoms with E-state index in [4.69, 9.17) is 0 Å². The molecule has 0 aliphatic carbocycles. The molecule has 0 N–H and O–H groups in total. The average Bonchev–Trinajstić information content (AvgIpc) is 2.25. The molecular formula is C9H14N2O. The predicted molar refractivity (Wildman–Crippen MR) is 47.4 cm³/mol. The van der Waals surface area contributed by atoms with Crippen molar-refractivity contribution >= 4 is 5.91 Å². The van der Waals surface area contributed by atoms with E-state index in [0.29, 0.717) is 0 Å². The summed E-state index contributed by atoms with van der Waals surface area (Å²) < 4.78 is 1.65. The molecule has 3 heteroatoms. The molecule has 0 unspecified atom stereocenters. The van der Waals surface area contributed by atoms with Gasteiger partial charge in [-0.05, 0) is 20.3 Å². The number of imidazole rings is 1. The Labute approximate surface area is 72.4 Å². The van der Waals surface area contributed by atoms with Gasteiger partial charge in [0, 0.05) is 12.6 Å². The number of carbonyl (C=O) groups is 1. The van der Waals surface area contributed by atoms with Crippen molar-refractivity contribution in [2.45, 2.75) is 34.1 Å². The summed E-state index contributed by atoms with van der Waals surface area (Å²) in [6.07, 6.45) is 0.882. The summed E-state index contributed by atoms with van der Waals surface area (Å²) in [5, 5.41) is 0. The average molecular weight is 166 g/mol. The maximum atomic E-state index is 11.1. The van der Waals surface area contributed by atoms with Crippen LogP contribution in [-0.2, 0) is 6.42 Å². The van der Waals surface area contributed by atoms with Gasteiger partial charge >= 0.3 is 0 Å². The first kappa shape index (κ1) is 8.97. The van der Waals surface area contributed by atoms with E-state index in [1.807, 2.05) is 20.8 Å². The van der Waals surface area contributed by atoms with Crippen molar-refractivity contribution in [2.75, 3.05) is 0 Å². The smallest absolute Gasteiger partial charge is 0.229 e. The molecule has 0 saturated carbocycles. The van der Waals surface area contributed by atoms with Crippen molar-refractivity contribution in [1.29, 1.82) is 0 Å². The quantitative estimate of drug-likeness (QED) is 0.636. The van der Waals surface area contributed by atoms with E-state index >= 15 is 0 Å². The lowest BCUT2D eigenvalue weighted by Crippen LogP contribution is -2.09. The first-order valence-corrected chi connectivity index (χ1v) is 4.13. The normalized spacial score (nSPS) is 10.3. The summed E-state index contributed by atoms with van der Waals surface area (Å²) in [4.78, 5) is 15.4. The van der Waals surface area contributed by atoms with Crippen LogP contribution >= 0.6 is 0 Å². The van der Waals surface area contributed by atoms with Crippen LogP contribution in [0.3, 0.4) is 0 Å². The topological polar surface area (TPSA) is 34.9 Å². The molecule has 1 heterocycles. The van der Waals surface area contributed by atoms with Gasteiger partial charge in [0.2, 0.25) is 5.91 Å². The second-order valence-electron chi connectivity index (χ2n) is 2.90. The summed E-state index contributed by atoms with van der Waals surface area (Å²) in [7, 11) is 0. The SMILES string of the molecule is CCc1nc(C)n(C(C)=O)c1C. The van der Waals surface area contributed by atoms with Crippen molar-refractivity contribution in [3.8, 4) is 0 Å². The van der Waals surface area contributed by atoms with E-state index in [0.717, 1.165) is 23.6 Å². The highest BCUT2D eigenvalue weighted by Crippen LogP contribution is 2.10. The molecule has 0 aromatic carbocycles. The zero-order chi connectivity index (χ0) is 9.30. The number of hydrogen-bond donors (Lipinski definition) is 0. The summed E-state index contributed by atoms with van der Waals surface area (Å²) in [5.41, 5.74) is 1.99. The summed E-state index contributed by atoms with van der Waals surface area (Å²) in [6, 6.07) is 0. The van der Waals surface area contributed by atoms with Gasteiger partial charge in [-0.2, -0.15) is 0 Å². The number of nitrogens with zero attached hydrogens (tertiary/aromatic N) is 2. The molecule has 0 spiro atoms. The molecular weight excluding hydrogens is 152 g/mol. The number of hydrogen-bond acceptors (Lipinski definition) is 2. The summed E-state index contributed by atoms with van der Waals surface area (Å²) in [5.74, 6) is 0.828. The van der Waals surface area contributed by atoms with Crippen LogP contribution in [0.15, 0.2) is 0 Å². The largest absolute Gasteiger partial charge is 0.274 e. The van der Waals surface area contributed by atoms with E-state index in [1.54, 1.807) is 11.5 Å². The lowest BCUT2D eigenvalue weighted by molar-refractivity contribution is 0.0932. The zero-order valence-corrected chi connectivity index (χ0v) is 8.01. The van der Waals surface area contributed by atoms with Crippen LogP contribution in [0.2, 0.25) is 0 Å². The van der Waals surface area contributed by atoms with E-state index in [9.17, 15) is 4.79 Å². The van der Waals surface area contributed by atoms with Crippen LogP contribution in [0, 0.1) is 13.8 Å². The lowest BCUT2D eigenvalue weighted by atomic mass is 10.3. The first-order valence-electron chi connectivity index (χ1n) is 4.13. The van der Waals surface area contributed by atoms with Crippen LogP contribution in [0.25, 0.3) is 0 Å². The van der Waals surface area contributed by atoms with Crippen molar-refractivity contribution in [3.05, 3.63) is 17.2 Å². The highest BCUT2D eigenvalue weighted by atomic mass is 16.1. The van der Waals surface area contributed by atoms with E-state index in [1.165, 1.54) is 0 Å². The Morgan fingerprint density at radius 2 is 2.08 bits per heavy atom. The molecule has 0 radical (unpaired) electrons. The second-order valence-corrected chi connectivity index (χ2v) is 2.90. The monoisotopic (exact) mass is 166 g/mol. The van der Waals surface area contributed by atoms with Crippen molar-refractivity contribution < 1.29 is 4.79 Å². The maximum Gasteiger partial charge on any atom is 0.229 e. The molecule has 0 bridgehead atoms. The fraction of sp³-hybridized carbons (Fsp3) is 0.556. The molecule has 0 aliphatic rings. The molecule has 0 fully saturated rings. The highest BCUT2D eigenvalue weighted by Gasteiger charge is 2.11. The van der Waals surface area contributed by atoms with Gasteiger partial charge in [0.1, 0.15) is 5.82 Å². The minimum atomic E-state index is 0.0391. The Morgan fingerprint density at radius 3 is 2.33 bits per heavy atom. The molecule has 0 saturated heterocycles. The van der Waals surface area contributed by atoms with Crippen LogP contribution < -0.4 is 0 Å². The van der Waals surface area contributed by atoms with E-state index < -0.39 is 0 Å². The second kappa shape index (κ2) is 3.09. The Bertz CT molecular complexity index is 313. The van der Waals surface area contributed by atoms with Gasteiger partial charge in [0.15, 0.2) is 0 Å². The van der Waals surface area contributed by atoms with Gasteiger partial charge in [-0.15, -0.1) is 0 Å². The van der Waals surface area contributed by atoms with Gasteiger partial charge in [0.25, 0.3) is 0 Å². The third-order valence-electron chi connectivity index (χ3n) is 2.02. The predicted octanol–water partition coefficient (Wildman–Crippen LogP) is 1.72. The number of aryl methyl sites for hydroxylation is 2. The molecule has 1 rings (SSSR count). The fourth-order valence-electron chi connectivity index (χ4n) is 1.50. The molecule has 12 heavy (non-hydrogen) atoms. The minimum Gasteiger partial charge on any atom is -0.274 e.